The molecule has 2 N–H and O–H groups in total. The van der Waals surface area contributed by atoms with Gasteiger partial charge >= 0.3 is 0 Å². The number of carbonyl (C=O) groups is 1. The monoisotopic (exact) mass is 251 g/mol. The minimum atomic E-state index is -0.340. The molecule has 100 valence electrons. The van der Waals surface area contributed by atoms with Crippen LogP contribution in [0.2, 0.25) is 0 Å². The highest BCUT2D eigenvalue weighted by atomic mass is 16.5. The first kappa shape index (κ1) is 14.7. The van der Waals surface area contributed by atoms with E-state index in [2.05, 4.69) is 5.32 Å². The van der Waals surface area contributed by atoms with Crippen molar-refractivity contribution in [3.05, 3.63) is 34.9 Å². The zero-order chi connectivity index (χ0) is 13.5. The summed E-state index contributed by atoms with van der Waals surface area (Å²) < 4.78 is 4.91. The Morgan fingerprint density at radius 3 is 2.78 bits per heavy atom. The number of benzene rings is 1. The summed E-state index contributed by atoms with van der Waals surface area (Å²) in [6.07, 6.45) is 0.327. The van der Waals surface area contributed by atoms with Crippen molar-refractivity contribution in [2.75, 3.05) is 20.3 Å². The van der Waals surface area contributed by atoms with E-state index >= 15 is 0 Å². The summed E-state index contributed by atoms with van der Waals surface area (Å²) in [6.45, 7) is 4.18. The van der Waals surface area contributed by atoms with Crippen molar-refractivity contribution in [2.45, 2.75) is 26.3 Å². The van der Waals surface area contributed by atoms with Crippen LogP contribution in [0.4, 0.5) is 0 Å². The number of amides is 1. The fourth-order valence-electron chi connectivity index (χ4n) is 1.78. The number of hydrogen-bond acceptors (Lipinski definition) is 3. The fraction of sp³-hybridized carbons (Fsp3) is 0.500. The van der Waals surface area contributed by atoms with Crippen molar-refractivity contribution >= 4 is 5.91 Å². The van der Waals surface area contributed by atoms with Crippen molar-refractivity contribution in [1.82, 2.24) is 5.32 Å². The molecule has 4 heteroatoms. The maximum atomic E-state index is 11.8. The van der Waals surface area contributed by atoms with Crippen LogP contribution in [0.1, 0.15) is 16.7 Å². The lowest BCUT2D eigenvalue weighted by Gasteiger charge is -2.15. The summed E-state index contributed by atoms with van der Waals surface area (Å²) in [5.41, 5.74) is 3.25. The molecule has 0 saturated heterocycles. The Morgan fingerprint density at radius 1 is 1.44 bits per heavy atom. The van der Waals surface area contributed by atoms with Crippen molar-refractivity contribution in [3.8, 4) is 0 Å². The molecule has 0 saturated carbocycles. The molecule has 1 unspecified atom stereocenters. The summed E-state index contributed by atoms with van der Waals surface area (Å²) in [4.78, 5) is 11.8. The van der Waals surface area contributed by atoms with E-state index in [9.17, 15) is 4.79 Å². The van der Waals surface area contributed by atoms with Crippen LogP contribution in [0.5, 0.6) is 0 Å². The molecule has 1 rings (SSSR count). The van der Waals surface area contributed by atoms with E-state index in [1.807, 2.05) is 32.0 Å². The van der Waals surface area contributed by atoms with Crippen LogP contribution < -0.4 is 5.32 Å². The Hall–Kier alpha value is -1.39. The van der Waals surface area contributed by atoms with Crippen LogP contribution in [0.3, 0.4) is 0 Å². The molecule has 0 spiro atoms. The molecule has 0 aliphatic rings. The SMILES string of the molecule is COCC(CO)NC(=O)Cc1cc(C)ccc1C. The number of aryl methyl sites for hydroxylation is 2. The second-order valence-electron chi connectivity index (χ2n) is 4.51. The standard InChI is InChI=1S/C14H21NO3/c1-10-4-5-11(2)12(6-10)7-14(17)15-13(8-16)9-18-3/h4-6,13,16H,7-9H2,1-3H3,(H,15,17). The predicted molar refractivity (Wildman–Crippen MR) is 70.5 cm³/mol. The van der Waals surface area contributed by atoms with Crippen LogP contribution in [0, 0.1) is 13.8 Å². The van der Waals surface area contributed by atoms with Gasteiger partial charge in [-0.1, -0.05) is 23.8 Å². The lowest BCUT2D eigenvalue weighted by Crippen LogP contribution is -2.41. The van der Waals surface area contributed by atoms with Gasteiger partial charge in [0.05, 0.1) is 25.7 Å². The third kappa shape index (κ3) is 4.47. The number of aliphatic hydroxyl groups excluding tert-OH is 1. The van der Waals surface area contributed by atoms with Crippen LogP contribution in [-0.2, 0) is 16.0 Å². The Labute approximate surface area is 108 Å². The molecule has 0 radical (unpaired) electrons. The van der Waals surface area contributed by atoms with Crippen LogP contribution in [0.15, 0.2) is 18.2 Å². The molecule has 0 bridgehead atoms. The first-order valence-corrected chi connectivity index (χ1v) is 6.02. The van der Waals surface area contributed by atoms with Gasteiger partial charge in [0.1, 0.15) is 0 Å². The van der Waals surface area contributed by atoms with Crippen LogP contribution >= 0.6 is 0 Å². The number of nitrogens with one attached hydrogen (secondary N) is 1. The third-order valence-electron chi connectivity index (χ3n) is 2.81. The van der Waals surface area contributed by atoms with Gasteiger partial charge in [0.25, 0.3) is 0 Å². The smallest absolute Gasteiger partial charge is 0.224 e. The van der Waals surface area contributed by atoms with Crippen molar-refractivity contribution in [1.29, 1.82) is 0 Å². The topological polar surface area (TPSA) is 58.6 Å². The summed E-state index contributed by atoms with van der Waals surface area (Å²) in [5.74, 6) is -0.0974. The summed E-state index contributed by atoms with van der Waals surface area (Å²) in [5, 5.41) is 11.8. The lowest BCUT2D eigenvalue weighted by atomic mass is 10.0. The maximum absolute atomic E-state index is 11.8. The number of ether oxygens (including phenoxy) is 1. The first-order chi connectivity index (χ1) is 8.56. The van der Waals surface area contributed by atoms with E-state index in [1.165, 1.54) is 0 Å². The van der Waals surface area contributed by atoms with Gasteiger partial charge in [-0.05, 0) is 25.0 Å². The van der Waals surface area contributed by atoms with Crippen LogP contribution in [0.25, 0.3) is 0 Å². The largest absolute Gasteiger partial charge is 0.394 e. The average molecular weight is 251 g/mol. The molecule has 18 heavy (non-hydrogen) atoms. The second kappa shape index (κ2) is 7.13. The average Bonchev–Trinajstić information content (AvgIpc) is 2.33. The van der Waals surface area contributed by atoms with Gasteiger partial charge in [-0.3, -0.25) is 4.79 Å². The minimum absolute atomic E-state index is 0.0974. The Morgan fingerprint density at radius 2 is 2.17 bits per heavy atom. The fourth-order valence-corrected chi connectivity index (χ4v) is 1.78. The Balaban J connectivity index is 2.61. The Kier molecular flexibility index (Phi) is 5.82. The Bertz CT molecular complexity index is 404. The van der Waals surface area contributed by atoms with Gasteiger partial charge in [0.15, 0.2) is 0 Å². The van der Waals surface area contributed by atoms with Crippen molar-refractivity contribution < 1.29 is 14.6 Å². The molecule has 1 aromatic rings. The highest BCUT2D eigenvalue weighted by Gasteiger charge is 2.12. The first-order valence-electron chi connectivity index (χ1n) is 6.02. The highest BCUT2D eigenvalue weighted by molar-refractivity contribution is 5.79. The number of aliphatic hydroxyl groups is 1. The van der Waals surface area contributed by atoms with E-state index in [1.54, 1.807) is 7.11 Å². The summed E-state index contributed by atoms with van der Waals surface area (Å²) in [7, 11) is 1.54. The third-order valence-corrected chi connectivity index (χ3v) is 2.81. The molecular weight excluding hydrogens is 230 g/mol. The number of carbonyl (C=O) groups excluding carboxylic acids is 1. The van der Waals surface area contributed by atoms with Gasteiger partial charge in [-0.15, -0.1) is 0 Å². The zero-order valence-corrected chi connectivity index (χ0v) is 11.2. The van der Waals surface area contributed by atoms with Gasteiger partial charge < -0.3 is 15.2 Å². The van der Waals surface area contributed by atoms with Crippen molar-refractivity contribution in [2.24, 2.45) is 0 Å². The van der Waals surface area contributed by atoms with E-state index in [0.717, 1.165) is 16.7 Å². The normalized spacial score (nSPS) is 12.2. The van der Waals surface area contributed by atoms with Crippen LogP contribution in [-0.4, -0.2) is 37.4 Å². The van der Waals surface area contributed by atoms with Gasteiger partial charge in [-0.2, -0.15) is 0 Å². The molecule has 0 heterocycles. The van der Waals surface area contributed by atoms with Gasteiger partial charge in [0, 0.05) is 7.11 Å². The van der Waals surface area contributed by atoms with E-state index < -0.39 is 0 Å². The zero-order valence-electron chi connectivity index (χ0n) is 11.2. The minimum Gasteiger partial charge on any atom is -0.394 e. The molecule has 1 amide bonds. The van der Waals surface area contributed by atoms with E-state index in [-0.39, 0.29) is 18.6 Å². The molecule has 0 fully saturated rings. The molecule has 0 aliphatic carbocycles. The highest BCUT2D eigenvalue weighted by Crippen LogP contribution is 2.11. The molecular formula is C14H21NO3. The van der Waals surface area contributed by atoms with E-state index in [4.69, 9.17) is 9.84 Å². The number of hydrogen-bond donors (Lipinski definition) is 2. The summed E-state index contributed by atoms with van der Waals surface area (Å²) >= 11 is 0. The lowest BCUT2D eigenvalue weighted by molar-refractivity contribution is -0.121. The summed E-state index contributed by atoms with van der Waals surface area (Å²) in [6, 6.07) is 5.71. The molecule has 1 atom stereocenters. The number of methoxy groups -OCH3 is 1. The van der Waals surface area contributed by atoms with E-state index in [0.29, 0.717) is 13.0 Å². The van der Waals surface area contributed by atoms with Gasteiger partial charge in [-0.25, -0.2) is 0 Å². The second-order valence-corrected chi connectivity index (χ2v) is 4.51. The molecule has 0 aliphatic heterocycles. The quantitative estimate of drug-likeness (QED) is 0.792. The molecule has 0 aromatic heterocycles. The predicted octanol–water partition coefficient (Wildman–Crippen LogP) is 0.969. The van der Waals surface area contributed by atoms with Crippen molar-refractivity contribution in [3.63, 3.8) is 0 Å². The number of rotatable bonds is 6. The molecule has 4 nitrogen and oxygen atoms in total. The van der Waals surface area contributed by atoms with Gasteiger partial charge in [0.2, 0.25) is 5.91 Å². The molecule has 1 aromatic carbocycles. The maximum Gasteiger partial charge on any atom is 0.224 e.